The summed E-state index contributed by atoms with van der Waals surface area (Å²) in [6, 6.07) is 5.21. The van der Waals surface area contributed by atoms with Crippen molar-refractivity contribution in [3.8, 4) is 5.75 Å². The van der Waals surface area contributed by atoms with Crippen molar-refractivity contribution >= 4 is 17.7 Å². The average Bonchev–Trinajstić information content (AvgIpc) is 3.06. The van der Waals surface area contributed by atoms with Crippen LogP contribution in [0.1, 0.15) is 60.5 Å². The fraction of sp³-hybridized carbons (Fsp3) is 0.480. The van der Waals surface area contributed by atoms with Crippen molar-refractivity contribution in [2.24, 2.45) is 5.92 Å². The molecule has 11 heteroatoms. The molecule has 1 aromatic heterocycles. The van der Waals surface area contributed by atoms with E-state index in [2.05, 4.69) is 10.3 Å². The lowest BCUT2D eigenvalue weighted by Gasteiger charge is -2.43. The molecule has 1 aliphatic carbocycles. The maximum absolute atomic E-state index is 13.4. The zero-order chi connectivity index (χ0) is 26.4. The van der Waals surface area contributed by atoms with Crippen molar-refractivity contribution in [3.05, 3.63) is 57.5 Å². The highest BCUT2D eigenvalue weighted by molar-refractivity contribution is 6.34. The van der Waals surface area contributed by atoms with Gasteiger partial charge in [-0.3, -0.25) is 23.7 Å². The molecule has 1 unspecified atom stereocenters. The molecule has 2 bridgehead atoms. The monoisotopic (exact) mass is 499 g/mol. The fourth-order valence-electron chi connectivity index (χ4n) is 5.31. The van der Waals surface area contributed by atoms with E-state index in [1.54, 1.807) is 0 Å². The fourth-order valence-corrected chi connectivity index (χ4v) is 5.31. The van der Waals surface area contributed by atoms with Gasteiger partial charge in [-0.15, -0.1) is 0 Å². The maximum Gasteiger partial charge on any atom is 0.312 e. The lowest BCUT2D eigenvalue weighted by atomic mass is 9.75. The van der Waals surface area contributed by atoms with Crippen molar-refractivity contribution < 1.29 is 23.9 Å². The van der Waals surface area contributed by atoms with Gasteiger partial charge in [-0.05, 0) is 56.2 Å². The molecule has 3 amide bonds. The molecule has 3 heterocycles. The average molecular weight is 500 g/mol. The molecule has 10 nitrogen and oxygen atoms in total. The Hall–Kier alpha value is -3.76. The smallest absolute Gasteiger partial charge is 0.312 e. The highest BCUT2D eigenvalue weighted by atomic mass is 19.1. The number of likely N-dealkylation sites (N-methyl/N-ethyl adjacent to an activating group) is 2. The van der Waals surface area contributed by atoms with Crippen molar-refractivity contribution in [2.45, 2.75) is 50.7 Å². The van der Waals surface area contributed by atoms with Gasteiger partial charge in [0.2, 0.25) is 5.75 Å². The zero-order valence-corrected chi connectivity index (χ0v) is 20.7. The van der Waals surface area contributed by atoms with Gasteiger partial charge in [0.1, 0.15) is 17.2 Å². The number of aromatic nitrogens is 2. The molecule has 1 aromatic carbocycles. The minimum atomic E-state index is -1.09. The first kappa shape index (κ1) is 25.3. The Balaban J connectivity index is 1.78. The Morgan fingerprint density at radius 1 is 1.14 bits per heavy atom. The summed E-state index contributed by atoms with van der Waals surface area (Å²) in [5, 5.41) is 13.3. The van der Waals surface area contributed by atoms with Crippen LogP contribution in [0.3, 0.4) is 0 Å². The van der Waals surface area contributed by atoms with Crippen molar-refractivity contribution in [2.75, 3.05) is 21.1 Å². The number of nitrogens with zero attached hydrogens (tertiary/aromatic N) is 4. The molecule has 2 aromatic rings. The van der Waals surface area contributed by atoms with Crippen LogP contribution in [0.5, 0.6) is 5.75 Å². The predicted molar refractivity (Wildman–Crippen MR) is 128 cm³/mol. The molecule has 5 rings (SSSR count). The molecular weight excluding hydrogens is 469 g/mol. The summed E-state index contributed by atoms with van der Waals surface area (Å²) in [5.74, 6) is -3.13. The minimum Gasteiger partial charge on any atom is -0.501 e. The summed E-state index contributed by atoms with van der Waals surface area (Å²) in [4.78, 5) is 59.0. The van der Waals surface area contributed by atoms with E-state index in [0.717, 1.165) is 0 Å². The van der Waals surface area contributed by atoms with Crippen LogP contribution in [-0.2, 0) is 21.7 Å². The highest BCUT2D eigenvalue weighted by Gasteiger charge is 2.51. The third kappa shape index (κ3) is 4.12. The van der Waals surface area contributed by atoms with Gasteiger partial charge in [-0.1, -0.05) is 12.1 Å². The first-order valence-corrected chi connectivity index (χ1v) is 11.9. The number of halogens is 1. The van der Waals surface area contributed by atoms with Crippen LogP contribution in [-0.4, -0.2) is 63.3 Å². The Morgan fingerprint density at radius 2 is 1.75 bits per heavy atom. The number of carbonyl (C=O) groups is 3. The lowest BCUT2D eigenvalue weighted by Crippen LogP contribution is -2.54. The van der Waals surface area contributed by atoms with Gasteiger partial charge in [-0.25, -0.2) is 9.37 Å². The molecule has 2 aliphatic heterocycles. The van der Waals surface area contributed by atoms with Gasteiger partial charge >= 0.3 is 11.8 Å². The molecule has 36 heavy (non-hydrogen) atoms. The van der Waals surface area contributed by atoms with Crippen LogP contribution in [0.4, 0.5) is 4.39 Å². The van der Waals surface area contributed by atoms with Gasteiger partial charge < -0.3 is 20.2 Å². The van der Waals surface area contributed by atoms with Gasteiger partial charge in [0, 0.05) is 33.7 Å². The summed E-state index contributed by atoms with van der Waals surface area (Å²) in [5.41, 5.74) is -1.70. The second kappa shape index (κ2) is 9.36. The number of hydrogen-bond acceptors (Lipinski definition) is 6. The number of aromatic hydroxyl groups is 1. The predicted octanol–water partition coefficient (Wildman–Crippen LogP) is 1.52. The number of rotatable bonds is 4. The molecule has 192 valence electrons. The van der Waals surface area contributed by atoms with Crippen LogP contribution in [0, 0.1) is 11.7 Å². The Morgan fingerprint density at radius 3 is 2.33 bits per heavy atom. The van der Waals surface area contributed by atoms with Gasteiger partial charge in [0.15, 0.2) is 5.69 Å². The molecule has 0 radical (unpaired) electrons. The van der Waals surface area contributed by atoms with E-state index in [0.29, 0.717) is 31.2 Å². The normalized spacial score (nSPS) is 22.4. The highest BCUT2D eigenvalue weighted by Crippen LogP contribution is 2.49. The Kier molecular flexibility index (Phi) is 6.59. The molecule has 1 saturated carbocycles. The van der Waals surface area contributed by atoms with Crippen LogP contribution in [0.25, 0.3) is 0 Å². The zero-order valence-electron chi connectivity index (χ0n) is 20.7. The standard InChI is InChI=1S/C25H30FN5O5/c1-14-16-9-11-25(12-10-16,30(4)23(36)22(35)29(2)3)24-28-18(19(32)21(34)31(14)24)20(33)27-13-15-5-7-17(26)8-6-15/h5-8,14,16,32H,9-13H2,1-4H3,(H,27,33). The first-order chi connectivity index (χ1) is 17.0. The quantitative estimate of drug-likeness (QED) is 0.615. The van der Waals surface area contributed by atoms with Gasteiger partial charge in [0.05, 0.1) is 0 Å². The third-order valence-electron chi connectivity index (χ3n) is 7.57. The summed E-state index contributed by atoms with van der Waals surface area (Å²) in [6.07, 6.45) is 2.28. The number of amides is 3. The molecule has 1 fully saturated rings. The van der Waals surface area contributed by atoms with Gasteiger partial charge in [-0.2, -0.15) is 0 Å². The first-order valence-electron chi connectivity index (χ1n) is 11.9. The third-order valence-corrected chi connectivity index (χ3v) is 7.57. The molecule has 1 atom stereocenters. The van der Waals surface area contributed by atoms with Crippen LogP contribution in [0.15, 0.2) is 29.1 Å². The molecule has 2 N–H and O–H groups in total. The lowest BCUT2D eigenvalue weighted by molar-refractivity contribution is -0.154. The van der Waals surface area contributed by atoms with Crippen molar-refractivity contribution in [3.63, 3.8) is 0 Å². The summed E-state index contributed by atoms with van der Waals surface area (Å²) >= 11 is 0. The van der Waals surface area contributed by atoms with Crippen LogP contribution in [0.2, 0.25) is 0 Å². The summed E-state index contributed by atoms with van der Waals surface area (Å²) in [6.45, 7) is 1.89. The van der Waals surface area contributed by atoms with E-state index in [1.165, 1.54) is 59.8 Å². The van der Waals surface area contributed by atoms with E-state index in [9.17, 15) is 28.7 Å². The summed E-state index contributed by atoms with van der Waals surface area (Å²) < 4.78 is 14.6. The van der Waals surface area contributed by atoms with Crippen LogP contribution < -0.4 is 10.9 Å². The SMILES string of the molecule is CC1C2CCC(N(C)C(=O)C(=O)N(C)C)(CC2)c2nc(C(=O)NCc3ccc(F)cc3)c(O)c(=O)n21. The Labute approximate surface area is 207 Å². The number of nitrogens with one attached hydrogen (secondary N) is 1. The van der Waals surface area contributed by atoms with Crippen molar-refractivity contribution in [1.29, 1.82) is 0 Å². The Bertz CT molecular complexity index is 1260. The van der Waals surface area contributed by atoms with E-state index >= 15 is 0 Å². The van der Waals surface area contributed by atoms with E-state index < -0.39 is 46.1 Å². The molecule has 0 spiro atoms. The second-order valence-corrected chi connectivity index (χ2v) is 9.79. The molecule has 3 aliphatic rings. The second-order valence-electron chi connectivity index (χ2n) is 9.79. The number of fused-ring (bicyclic) bond motifs is 2. The molecular formula is C25H30FN5O5. The number of hydrogen-bond donors (Lipinski definition) is 2. The largest absolute Gasteiger partial charge is 0.501 e. The number of carbonyl (C=O) groups excluding carboxylic acids is 3. The molecule has 0 saturated heterocycles. The van der Waals surface area contributed by atoms with Gasteiger partial charge in [0.25, 0.3) is 11.5 Å². The topological polar surface area (TPSA) is 125 Å². The van der Waals surface area contributed by atoms with E-state index in [1.807, 2.05) is 6.92 Å². The van der Waals surface area contributed by atoms with E-state index in [4.69, 9.17) is 0 Å². The number of benzene rings is 1. The minimum absolute atomic E-state index is 0.0258. The van der Waals surface area contributed by atoms with Crippen molar-refractivity contribution in [1.82, 2.24) is 24.7 Å². The summed E-state index contributed by atoms with van der Waals surface area (Å²) in [7, 11) is 4.48. The van der Waals surface area contributed by atoms with Crippen LogP contribution >= 0.6 is 0 Å². The van der Waals surface area contributed by atoms with E-state index in [-0.39, 0.29) is 24.3 Å². The maximum atomic E-state index is 13.4.